The lowest BCUT2D eigenvalue weighted by Crippen LogP contribution is -2.27. The molecule has 2 aromatic carbocycles. The molecule has 132 valence electrons. The summed E-state index contributed by atoms with van der Waals surface area (Å²) in [6.45, 7) is 3.65. The zero-order valence-corrected chi connectivity index (χ0v) is 15.6. The van der Waals surface area contributed by atoms with E-state index in [2.05, 4.69) is 5.32 Å². The van der Waals surface area contributed by atoms with E-state index in [1.807, 2.05) is 43.3 Å². The van der Waals surface area contributed by atoms with Crippen LogP contribution < -0.4 is 14.8 Å². The van der Waals surface area contributed by atoms with E-state index in [1.54, 1.807) is 11.8 Å². The number of hydrogen-bond acceptors (Lipinski definition) is 4. The fourth-order valence-corrected chi connectivity index (χ4v) is 3.71. The van der Waals surface area contributed by atoms with Crippen LogP contribution in [0.25, 0.3) is 0 Å². The maximum absolute atomic E-state index is 12.0. The number of ether oxygens (including phenoxy) is 2. The van der Waals surface area contributed by atoms with Crippen LogP contribution >= 0.6 is 23.4 Å². The highest BCUT2D eigenvalue weighted by molar-refractivity contribution is 8.00. The number of thioether (sulfide) groups is 1. The molecule has 0 saturated carbocycles. The molecule has 0 atom stereocenters. The second kappa shape index (κ2) is 8.50. The van der Waals surface area contributed by atoms with Crippen LogP contribution in [0.5, 0.6) is 11.5 Å². The third kappa shape index (κ3) is 4.83. The SMILES string of the molecule is Cc1ccccc1SCC(=O)NCCc1cc(Cl)c2c(c1)OCCO2. The molecule has 0 unspecified atom stereocenters. The molecule has 0 aliphatic carbocycles. The second-order valence-electron chi connectivity index (χ2n) is 5.76. The number of aryl methyl sites for hydroxylation is 1. The molecule has 2 aromatic rings. The van der Waals surface area contributed by atoms with E-state index in [4.69, 9.17) is 21.1 Å². The molecule has 0 spiro atoms. The van der Waals surface area contributed by atoms with Crippen LogP contribution in [-0.2, 0) is 11.2 Å². The number of benzene rings is 2. The number of halogens is 1. The molecular formula is C19H20ClNO3S. The molecule has 4 nitrogen and oxygen atoms in total. The van der Waals surface area contributed by atoms with Gasteiger partial charge in [-0.05, 0) is 42.7 Å². The van der Waals surface area contributed by atoms with Gasteiger partial charge in [-0.1, -0.05) is 29.8 Å². The Hall–Kier alpha value is -1.85. The first-order valence-electron chi connectivity index (χ1n) is 8.16. The minimum Gasteiger partial charge on any atom is -0.486 e. The average molecular weight is 378 g/mol. The van der Waals surface area contributed by atoms with Crippen LogP contribution in [0.2, 0.25) is 5.02 Å². The van der Waals surface area contributed by atoms with Crippen LogP contribution in [0.1, 0.15) is 11.1 Å². The third-order valence-electron chi connectivity index (χ3n) is 3.84. The average Bonchev–Trinajstić information content (AvgIpc) is 2.61. The van der Waals surface area contributed by atoms with Crippen LogP contribution in [0.4, 0.5) is 0 Å². The van der Waals surface area contributed by atoms with Crippen LogP contribution in [0.3, 0.4) is 0 Å². The van der Waals surface area contributed by atoms with Gasteiger partial charge in [-0.15, -0.1) is 11.8 Å². The van der Waals surface area contributed by atoms with Crippen molar-refractivity contribution in [1.82, 2.24) is 5.32 Å². The summed E-state index contributed by atoms with van der Waals surface area (Å²) < 4.78 is 11.1. The smallest absolute Gasteiger partial charge is 0.230 e. The van der Waals surface area contributed by atoms with Gasteiger partial charge in [0, 0.05) is 11.4 Å². The lowest BCUT2D eigenvalue weighted by molar-refractivity contribution is -0.118. The minimum atomic E-state index is 0.0249. The Kier molecular flexibility index (Phi) is 6.10. The predicted molar refractivity (Wildman–Crippen MR) is 101 cm³/mol. The summed E-state index contributed by atoms with van der Waals surface area (Å²) in [5.41, 5.74) is 2.20. The van der Waals surface area contributed by atoms with Crippen molar-refractivity contribution < 1.29 is 14.3 Å². The highest BCUT2D eigenvalue weighted by Crippen LogP contribution is 2.38. The number of hydrogen-bond donors (Lipinski definition) is 1. The maximum atomic E-state index is 12.0. The van der Waals surface area contributed by atoms with Crippen molar-refractivity contribution in [2.24, 2.45) is 0 Å². The van der Waals surface area contributed by atoms with Gasteiger partial charge in [-0.2, -0.15) is 0 Å². The van der Waals surface area contributed by atoms with E-state index in [9.17, 15) is 4.79 Å². The van der Waals surface area contributed by atoms with Gasteiger partial charge < -0.3 is 14.8 Å². The molecule has 0 radical (unpaired) electrons. The Morgan fingerprint density at radius 3 is 2.88 bits per heavy atom. The van der Waals surface area contributed by atoms with E-state index >= 15 is 0 Å². The topological polar surface area (TPSA) is 47.6 Å². The fraction of sp³-hybridized carbons (Fsp3) is 0.316. The molecule has 0 fully saturated rings. The van der Waals surface area contributed by atoms with Crippen molar-refractivity contribution in [1.29, 1.82) is 0 Å². The Morgan fingerprint density at radius 1 is 1.24 bits per heavy atom. The Bertz CT molecular complexity index is 766. The van der Waals surface area contributed by atoms with Crippen molar-refractivity contribution >= 4 is 29.3 Å². The van der Waals surface area contributed by atoms with Gasteiger partial charge in [0.15, 0.2) is 11.5 Å². The zero-order valence-electron chi connectivity index (χ0n) is 14.0. The van der Waals surface area contributed by atoms with Gasteiger partial charge in [-0.3, -0.25) is 4.79 Å². The zero-order chi connectivity index (χ0) is 17.6. The van der Waals surface area contributed by atoms with Crippen LogP contribution in [-0.4, -0.2) is 31.4 Å². The highest BCUT2D eigenvalue weighted by atomic mass is 35.5. The first kappa shape index (κ1) is 18.0. The van der Waals surface area contributed by atoms with E-state index < -0.39 is 0 Å². The van der Waals surface area contributed by atoms with E-state index in [-0.39, 0.29) is 5.91 Å². The van der Waals surface area contributed by atoms with Gasteiger partial charge in [-0.25, -0.2) is 0 Å². The van der Waals surface area contributed by atoms with Gasteiger partial charge in [0.25, 0.3) is 0 Å². The van der Waals surface area contributed by atoms with Gasteiger partial charge in [0.05, 0.1) is 10.8 Å². The minimum absolute atomic E-state index is 0.0249. The van der Waals surface area contributed by atoms with E-state index in [0.717, 1.165) is 10.5 Å². The normalized spacial score (nSPS) is 12.7. The number of rotatable bonds is 6. The summed E-state index contributed by atoms with van der Waals surface area (Å²) in [5.74, 6) is 1.72. The first-order chi connectivity index (χ1) is 12.1. The summed E-state index contributed by atoms with van der Waals surface area (Å²) in [6.07, 6.45) is 0.692. The molecule has 1 aliphatic heterocycles. The maximum Gasteiger partial charge on any atom is 0.230 e. The Balaban J connectivity index is 1.47. The second-order valence-corrected chi connectivity index (χ2v) is 7.18. The van der Waals surface area contributed by atoms with Crippen LogP contribution in [0.15, 0.2) is 41.3 Å². The number of amides is 1. The van der Waals surface area contributed by atoms with Gasteiger partial charge in [0.2, 0.25) is 5.91 Å². The summed E-state index contributed by atoms with van der Waals surface area (Å²) in [5, 5.41) is 3.50. The molecule has 1 N–H and O–H groups in total. The van der Waals surface area contributed by atoms with Crippen molar-refractivity contribution in [3.05, 3.63) is 52.5 Å². The van der Waals surface area contributed by atoms with Crippen molar-refractivity contribution in [2.75, 3.05) is 25.5 Å². The fourth-order valence-electron chi connectivity index (χ4n) is 2.57. The Labute approximate surface area is 156 Å². The molecule has 3 rings (SSSR count). The predicted octanol–water partition coefficient (Wildman–Crippen LogP) is 3.87. The monoisotopic (exact) mass is 377 g/mol. The third-order valence-corrected chi connectivity index (χ3v) is 5.30. The molecule has 0 aromatic heterocycles. The number of carbonyl (C=O) groups is 1. The number of fused-ring (bicyclic) bond motifs is 1. The highest BCUT2D eigenvalue weighted by Gasteiger charge is 2.16. The Morgan fingerprint density at radius 2 is 2.04 bits per heavy atom. The molecule has 0 bridgehead atoms. The lowest BCUT2D eigenvalue weighted by atomic mass is 10.1. The molecule has 0 saturated heterocycles. The largest absolute Gasteiger partial charge is 0.486 e. The van der Waals surface area contributed by atoms with E-state index in [0.29, 0.717) is 48.5 Å². The molecule has 1 heterocycles. The van der Waals surface area contributed by atoms with E-state index in [1.165, 1.54) is 5.56 Å². The standard InChI is InChI=1S/C19H20ClNO3S/c1-13-4-2-3-5-17(13)25-12-18(22)21-7-6-14-10-15(20)19-16(11-14)23-8-9-24-19/h2-5,10-11H,6-9,12H2,1H3,(H,21,22). The molecule has 1 aliphatic rings. The molecular weight excluding hydrogens is 358 g/mol. The van der Waals surface area contributed by atoms with Crippen LogP contribution in [0, 0.1) is 6.92 Å². The van der Waals surface area contributed by atoms with Crippen molar-refractivity contribution in [3.63, 3.8) is 0 Å². The summed E-state index contributed by atoms with van der Waals surface area (Å²) in [7, 11) is 0. The molecule has 1 amide bonds. The van der Waals surface area contributed by atoms with Crippen molar-refractivity contribution in [3.8, 4) is 11.5 Å². The molecule has 25 heavy (non-hydrogen) atoms. The summed E-state index contributed by atoms with van der Waals surface area (Å²) >= 11 is 7.78. The van der Waals surface area contributed by atoms with Gasteiger partial charge in [0.1, 0.15) is 13.2 Å². The summed E-state index contributed by atoms with van der Waals surface area (Å²) in [4.78, 5) is 13.2. The summed E-state index contributed by atoms with van der Waals surface area (Å²) in [6, 6.07) is 11.9. The van der Waals surface area contributed by atoms with Crippen molar-refractivity contribution in [2.45, 2.75) is 18.2 Å². The molecule has 6 heteroatoms. The quantitative estimate of drug-likeness (QED) is 0.776. The number of carbonyl (C=O) groups excluding carboxylic acids is 1. The number of nitrogens with one attached hydrogen (secondary N) is 1. The lowest BCUT2D eigenvalue weighted by Gasteiger charge is -2.20. The first-order valence-corrected chi connectivity index (χ1v) is 9.53. The van der Waals surface area contributed by atoms with Gasteiger partial charge >= 0.3 is 0 Å².